The van der Waals surface area contributed by atoms with Crippen LogP contribution in [0.1, 0.15) is 25.6 Å². The van der Waals surface area contributed by atoms with Crippen LogP contribution in [0.3, 0.4) is 0 Å². The number of aromatic nitrogens is 2. The highest BCUT2D eigenvalue weighted by Gasteiger charge is 2.12. The molecule has 1 aliphatic rings. The van der Waals surface area contributed by atoms with Gasteiger partial charge in [0, 0.05) is 32.6 Å². The second kappa shape index (κ2) is 7.05. The second-order valence-electron chi connectivity index (χ2n) is 5.73. The first-order valence-electron chi connectivity index (χ1n) is 8.12. The largest absolute Gasteiger partial charge is 0.379 e. The third kappa shape index (κ3) is 3.44. The fourth-order valence-corrected chi connectivity index (χ4v) is 3.07. The molecule has 21 heavy (non-hydrogen) atoms. The summed E-state index contributed by atoms with van der Waals surface area (Å²) < 4.78 is 7.82. The lowest BCUT2D eigenvalue weighted by Crippen LogP contribution is -2.37. The van der Waals surface area contributed by atoms with E-state index in [4.69, 9.17) is 9.72 Å². The Morgan fingerprint density at radius 3 is 2.76 bits per heavy atom. The molecule has 114 valence electrons. The maximum atomic E-state index is 5.40. The number of hydrogen-bond donors (Lipinski definition) is 0. The lowest BCUT2D eigenvalue weighted by molar-refractivity contribution is 0.0369. The summed E-state index contributed by atoms with van der Waals surface area (Å²) in [4.78, 5) is 7.30. The van der Waals surface area contributed by atoms with E-state index in [1.54, 1.807) is 0 Å². The van der Waals surface area contributed by atoms with Crippen LogP contribution in [0.25, 0.3) is 11.0 Å². The zero-order valence-electron chi connectivity index (χ0n) is 12.9. The molecule has 1 aromatic heterocycles. The van der Waals surface area contributed by atoms with E-state index < -0.39 is 0 Å². The summed E-state index contributed by atoms with van der Waals surface area (Å²) in [6, 6.07) is 8.49. The van der Waals surface area contributed by atoms with Crippen molar-refractivity contribution in [1.29, 1.82) is 0 Å². The number of hydrogen-bond acceptors (Lipinski definition) is 3. The molecule has 2 heterocycles. The molecular formula is C17H25N3O. The van der Waals surface area contributed by atoms with Gasteiger partial charge in [-0.05, 0) is 25.0 Å². The molecule has 1 aromatic carbocycles. The van der Waals surface area contributed by atoms with Crippen LogP contribution >= 0.6 is 0 Å². The van der Waals surface area contributed by atoms with Gasteiger partial charge in [-0.25, -0.2) is 4.98 Å². The van der Waals surface area contributed by atoms with Crippen molar-refractivity contribution < 1.29 is 4.74 Å². The first-order valence-corrected chi connectivity index (χ1v) is 8.12. The van der Waals surface area contributed by atoms with Crippen molar-refractivity contribution in [3.8, 4) is 0 Å². The van der Waals surface area contributed by atoms with Crippen LogP contribution in [-0.4, -0.2) is 47.3 Å². The van der Waals surface area contributed by atoms with Crippen LogP contribution in [0.15, 0.2) is 24.3 Å². The number of rotatable bonds is 6. The van der Waals surface area contributed by atoms with E-state index in [9.17, 15) is 0 Å². The number of benzene rings is 1. The van der Waals surface area contributed by atoms with Crippen LogP contribution in [-0.2, 0) is 17.7 Å². The van der Waals surface area contributed by atoms with Gasteiger partial charge in [-0.3, -0.25) is 4.90 Å². The van der Waals surface area contributed by atoms with E-state index in [0.29, 0.717) is 0 Å². The van der Waals surface area contributed by atoms with Gasteiger partial charge in [-0.1, -0.05) is 19.1 Å². The fraction of sp³-hybridized carbons (Fsp3) is 0.588. The number of fused-ring (bicyclic) bond motifs is 1. The average Bonchev–Trinajstić information content (AvgIpc) is 2.87. The average molecular weight is 287 g/mol. The van der Waals surface area contributed by atoms with Crippen molar-refractivity contribution >= 4 is 11.0 Å². The lowest BCUT2D eigenvalue weighted by atomic mass is 10.3. The van der Waals surface area contributed by atoms with Crippen molar-refractivity contribution in [3.63, 3.8) is 0 Å². The molecule has 0 unspecified atom stereocenters. The van der Waals surface area contributed by atoms with Gasteiger partial charge in [0.1, 0.15) is 5.82 Å². The Morgan fingerprint density at radius 1 is 1.14 bits per heavy atom. The third-order valence-electron chi connectivity index (χ3n) is 4.17. The molecule has 0 aliphatic carbocycles. The number of imidazole rings is 1. The van der Waals surface area contributed by atoms with Crippen molar-refractivity contribution in [3.05, 3.63) is 30.1 Å². The molecule has 0 amide bonds. The molecule has 1 aliphatic heterocycles. The van der Waals surface area contributed by atoms with Crippen LogP contribution in [0.4, 0.5) is 0 Å². The monoisotopic (exact) mass is 287 g/mol. The maximum Gasteiger partial charge on any atom is 0.109 e. The smallest absolute Gasteiger partial charge is 0.109 e. The maximum absolute atomic E-state index is 5.40. The molecule has 4 nitrogen and oxygen atoms in total. The SMILES string of the molecule is CCCc1nc2ccccc2n1CCCN1CCOCC1. The Kier molecular flexibility index (Phi) is 4.88. The molecule has 0 atom stereocenters. The standard InChI is InChI=1S/C17H25N3O/c1-2-6-17-18-15-7-3-4-8-16(15)20(17)10-5-9-19-11-13-21-14-12-19/h3-4,7-8H,2,5-6,9-14H2,1H3. The Hall–Kier alpha value is -1.39. The van der Waals surface area contributed by atoms with E-state index in [0.717, 1.165) is 57.8 Å². The molecule has 4 heteroatoms. The molecule has 0 N–H and O–H groups in total. The number of nitrogens with zero attached hydrogens (tertiary/aromatic N) is 3. The van der Waals surface area contributed by atoms with Gasteiger partial charge in [0.25, 0.3) is 0 Å². The summed E-state index contributed by atoms with van der Waals surface area (Å²) >= 11 is 0. The van der Waals surface area contributed by atoms with E-state index >= 15 is 0 Å². The van der Waals surface area contributed by atoms with Crippen LogP contribution in [0.2, 0.25) is 0 Å². The predicted molar refractivity (Wildman–Crippen MR) is 85.6 cm³/mol. The molecule has 0 spiro atoms. The van der Waals surface area contributed by atoms with Crippen molar-refractivity contribution in [2.75, 3.05) is 32.8 Å². The Bertz CT molecular complexity index is 572. The molecule has 0 radical (unpaired) electrons. The summed E-state index contributed by atoms with van der Waals surface area (Å²) in [6.45, 7) is 8.36. The van der Waals surface area contributed by atoms with Gasteiger partial charge in [0.05, 0.1) is 24.2 Å². The van der Waals surface area contributed by atoms with Gasteiger partial charge in [0.2, 0.25) is 0 Å². The minimum atomic E-state index is 0.884. The lowest BCUT2D eigenvalue weighted by Gasteiger charge is -2.26. The van der Waals surface area contributed by atoms with Gasteiger partial charge < -0.3 is 9.30 Å². The molecule has 1 saturated heterocycles. The topological polar surface area (TPSA) is 30.3 Å². The van der Waals surface area contributed by atoms with Crippen molar-refractivity contribution in [2.45, 2.75) is 32.7 Å². The first kappa shape index (κ1) is 14.5. The number of para-hydroxylation sites is 2. The predicted octanol–water partition coefficient (Wildman–Crippen LogP) is 2.71. The van der Waals surface area contributed by atoms with Crippen LogP contribution in [0.5, 0.6) is 0 Å². The summed E-state index contributed by atoms with van der Waals surface area (Å²) in [7, 11) is 0. The van der Waals surface area contributed by atoms with Gasteiger partial charge in [0.15, 0.2) is 0 Å². The zero-order chi connectivity index (χ0) is 14.5. The quantitative estimate of drug-likeness (QED) is 0.818. The summed E-state index contributed by atoms with van der Waals surface area (Å²) in [6.07, 6.45) is 3.39. The highest BCUT2D eigenvalue weighted by atomic mass is 16.5. The molecule has 0 saturated carbocycles. The van der Waals surface area contributed by atoms with E-state index in [-0.39, 0.29) is 0 Å². The Morgan fingerprint density at radius 2 is 1.95 bits per heavy atom. The van der Waals surface area contributed by atoms with Gasteiger partial charge in [-0.2, -0.15) is 0 Å². The minimum Gasteiger partial charge on any atom is -0.379 e. The van der Waals surface area contributed by atoms with E-state index in [1.165, 1.54) is 17.8 Å². The summed E-state index contributed by atoms with van der Waals surface area (Å²) in [5.41, 5.74) is 2.41. The van der Waals surface area contributed by atoms with Crippen LogP contribution in [0, 0.1) is 0 Å². The van der Waals surface area contributed by atoms with Gasteiger partial charge >= 0.3 is 0 Å². The van der Waals surface area contributed by atoms with Crippen molar-refractivity contribution in [1.82, 2.24) is 14.5 Å². The molecule has 1 fully saturated rings. The first-order chi connectivity index (χ1) is 10.4. The fourth-order valence-electron chi connectivity index (χ4n) is 3.07. The van der Waals surface area contributed by atoms with E-state index in [1.807, 2.05) is 0 Å². The third-order valence-corrected chi connectivity index (χ3v) is 4.17. The summed E-state index contributed by atoms with van der Waals surface area (Å²) in [5, 5.41) is 0. The molecule has 0 bridgehead atoms. The van der Waals surface area contributed by atoms with Gasteiger partial charge in [-0.15, -0.1) is 0 Å². The number of aryl methyl sites for hydroxylation is 2. The summed E-state index contributed by atoms with van der Waals surface area (Å²) in [5.74, 6) is 1.24. The molecule has 3 rings (SSSR count). The zero-order valence-corrected chi connectivity index (χ0v) is 12.9. The highest BCUT2D eigenvalue weighted by molar-refractivity contribution is 5.75. The molecule has 2 aromatic rings. The Balaban J connectivity index is 1.68. The normalized spacial score (nSPS) is 16.6. The van der Waals surface area contributed by atoms with Crippen molar-refractivity contribution in [2.24, 2.45) is 0 Å². The highest BCUT2D eigenvalue weighted by Crippen LogP contribution is 2.17. The Labute approximate surface area is 126 Å². The van der Waals surface area contributed by atoms with Crippen LogP contribution < -0.4 is 0 Å². The second-order valence-corrected chi connectivity index (χ2v) is 5.73. The number of ether oxygens (including phenoxy) is 1. The van der Waals surface area contributed by atoms with E-state index in [2.05, 4.69) is 40.7 Å². The molecular weight excluding hydrogens is 262 g/mol. The minimum absolute atomic E-state index is 0.884. The number of morpholine rings is 1.